The van der Waals surface area contributed by atoms with E-state index in [-0.39, 0.29) is 18.6 Å². The van der Waals surface area contributed by atoms with Crippen molar-refractivity contribution in [3.05, 3.63) is 65.7 Å². The SMILES string of the molecule is CCCCCn1c(N2CCCN(CCC(CN(C)C(=O)c3cc(OC)c(OC)c(OC)c3)c3ccc4c(c3)OCO4)CC2)nc2ccccc21. The lowest BCUT2D eigenvalue weighted by Crippen LogP contribution is -2.35. The number of imidazole rings is 1. The first-order chi connectivity index (χ1) is 24.4. The molecule has 3 aromatic carbocycles. The molecule has 50 heavy (non-hydrogen) atoms. The lowest BCUT2D eigenvalue weighted by Gasteiger charge is -2.28. The van der Waals surface area contributed by atoms with E-state index in [1.54, 1.807) is 38.4 Å². The molecule has 2 aliphatic heterocycles. The van der Waals surface area contributed by atoms with Gasteiger partial charge in [-0.05, 0) is 74.3 Å². The van der Waals surface area contributed by atoms with Crippen molar-refractivity contribution in [2.45, 2.75) is 51.5 Å². The third-order valence-electron chi connectivity index (χ3n) is 9.91. The zero-order chi connectivity index (χ0) is 35.0. The van der Waals surface area contributed by atoms with Gasteiger partial charge in [-0.25, -0.2) is 4.98 Å². The average molecular weight is 686 g/mol. The number of amides is 1. The molecule has 1 saturated heterocycles. The highest BCUT2D eigenvalue weighted by molar-refractivity contribution is 5.95. The standard InChI is InChI=1S/C39H51N5O6/c1-6-7-10-19-44-32-13-9-8-12-31(32)40-39(44)43-18-11-17-42(21-22-43)20-16-29(28-14-15-33-34(23-28)50-27-49-33)26-41(2)38(45)30-24-35(46-3)37(48-5)36(25-30)47-4/h8-9,12-15,23-25,29H,6-7,10-11,16-22,26-27H2,1-5H3. The summed E-state index contributed by atoms with van der Waals surface area (Å²) in [5.41, 5.74) is 3.88. The predicted octanol–water partition coefficient (Wildman–Crippen LogP) is 6.44. The number of nitrogens with zero attached hydrogens (tertiary/aromatic N) is 5. The van der Waals surface area contributed by atoms with Crippen LogP contribution >= 0.6 is 0 Å². The van der Waals surface area contributed by atoms with E-state index in [1.807, 2.05) is 13.1 Å². The van der Waals surface area contributed by atoms with Crippen molar-refractivity contribution in [3.8, 4) is 28.7 Å². The molecule has 11 heteroatoms. The second kappa shape index (κ2) is 16.4. The summed E-state index contributed by atoms with van der Waals surface area (Å²) in [6.07, 6.45) is 5.51. The molecule has 6 rings (SSSR count). The summed E-state index contributed by atoms with van der Waals surface area (Å²) < 4.78 is 30.3. The quantitative estimate of drug-likeness (QED) is 0.131. The summed E-state index contributed by atoms with van der Waals surface area (Å²) in [7, 11) is 6.51. The topological polar surface area (TPSA) is 90.8 Å². The van der Waals surface area contributed by atoms with E-state index in [0.717, 1.165) is 87.1 Å². The summed E-state index contributed by atoms with van der Waals surface area (Å²) in [6.45, 7) is 8.76. The van der Waals surface area contributed by atoms with Gasteiger partial charge in [-0.1, -0.05) is 38.0 Å². The number of ether oxygens (including phenoxy) is 5. The number of para-hydroxylation sites is 2. The lowest BCUT2D eigenvalue weighted by molar-refractivity contribution is 0.0782. The van der Waals surface area contributed by atoms with Crippen molar-refractivity contribution < 1.29 is 28.5 Å². The van der Waals surface area contributed by atoms with Gasteiger partial charge in [0.15, 0.2) is 23.0 Å². The van der Waals surface area contributed by atoms with Gasteiger partial charge >= 0.3 is 0 Å². The van der Waals surface area contributed by atoms with Crippen LogP contribution in [0.3, 0.4) is 0 Å². The minimum Gasteiger partial charge on any atom is -0.493 e. The first-order valence-electron chi connectivity index (χ1n) is 17.8. The van der Waals surface area contributed by atoms with E-state index in [4.69, 9.17) is 28.7 Å². The second-order valence-corrected chi connectivity index (χ2v) is 13.1. The van der Waals surface area contributed by atoms with Gasteiger partial charge in [0.05, 0.1) is 32.4 Å². The van der Waals surface area contributed by atoms with Gasteiger partial charge in [0.2, 0.25) is 18.5 Å². The van der Waals surface area contributed by atoms with E-state index in [2.05, 4.69) is 57.7 Å². The molecule has 0 aliphatic carbocycles. The van der Waals surface area contributed by atoms with Crippen LogP contribution in [0.4, 0.5) is 5.95 Å². The molecule has 0 radical (unpaired) electrons. The molecular weight excluding hydrogens is 634 g/mol. The van der Waals surface area contributed by atoms with Gasteiger partial charge in [-0.2, -0.15) is 0 Å². The van der Waals surface area contributed by atoms with E-state index in [9.17, 15) is 4.79 Å². The highest BCUT2D eigenvalue weighted by atomic mass is 16.7. The largest absolute Gasteiger partial charge is 0.493 e. The maximum absolute atomic E-state index is 13.8. The van der Waals surface area contributed by atoms with Gasteiger partial charge in [0.25, 0.3) is 5.91 Å². The molecule has 11 nitrogen and oxygen atoms in total. The Balaban J connectivity index is 1.16. The van der Waals surface area contributed by atoms with Crippen LogP contribution in [0.25, 0.3) is 11.0 Å². The van der Waals surface area contributed by atoms with Crippen molar-refractivity contribution in [1.82, 2.24) is 19.4 Å². The number of carbonyl (C=O) groups is 1. The fourth-order valence-corrected chi connectivity index (χ4v) is 7.15. The van der Waals surface area contributed by atoms with Crippen LogP contribution in [0.1, 0.15) is 60.9 Å². The Morgan fingerprint density at radius 3 is 2.44 bits per heavy atom. The van der Waals surface area contributed by atoms with E-state index in [1.165, 1.54) is 18.4 Å². The van der Waals surface area contributed by atoms with Gasteiger partial charge < -0.3 is 43.0 Å². The highest BCUT2D eigenvalue weighted by Gasteiger charge is 2.26. The smallest absolute Gasteiger partial charge is 0.253 e. The van der Waals surface area contributed by atoms with Crippen molar-refractivity contribution in [2.24, 2.45) is 0 Å². The fraction of sp³-hybridized carbons (Fsp3) is 0.487. The van der Waals surface area contributed by atoms with Crippen LogP contribution in [0, 0.1) is 0 Å². The number of carbonyl (C=O) groups excluding carboxylic acids is 1. The van der Waals surface area contributed by atoms with Crippen molar-refractivity contribution in [3.63, 3.8) is 0 Å². The molecule has 4 aromatic rings. The van der Waals surface area contributed by atoms with Crippen molar-refractivity contribution in [2.75, 3.05) is 79.3 Å². The van der Waals surface area contributed by atoms with Crippen LogP contribution in [0.2, 0.25) is 0 Å². The first kappa shape index (κ1) is 35.2. The molecule has 1 amide bonds. The molecule has 0 spiro atoms. The van der Waals surface area contributed by atoms with Gasteiger partial charge in [0.1, 0.15) is 0 Å². The number of anilines is 1. The molecule has 1 unspecified atom stereocenters. The molecule has 0 N–H and O–H groups in total. The minimum absolute atomic E-state index is 0.0719. The normalized spacial score (nSPS) is 15.2. The Hall–Kier alpha value is -4.64. The molecule has 1 aromatic heterocycles. The molecule has 0 bridgehead atoms. The van der Waals surface area contributed by atoms with Crippen LogP contribution in [0.15, 0.2) is 54.6 Å². The van der Waals surface area contributed by atoms with Gasteiger partial charge in [0, 0.05) is 51.3 Å². The van der Waals surface area contributed by atoms with Crippen LogP contribution < -0.4 is 28.6 Å². The number of fused-ring (bicyclic) bond motifs is 2. The van der Waals surface area contributed by atoms with E-state index < -0.39 is 0 Å². The van der Waals surface area contributed by atoms with Crippen LogP contribution in [-0.4, -0.2) is 99.7 Å². The summed E-state index contributed by atoms with van der Waals surface area (Å²) in [6, 6.07) is 18.1. The first-order valence-corrected chi connectivity index (χ1v) is 17.8. The Labute approximate surface area is 295 Å². The average Bonchev–Trinajstić information content (AvgIpc) is 3.69. The molecule has 2 aliphatic rings. The third kappa shape index (κ3) is 7.72. The van der Waals surface area contributed by atoms with Crippen molar-refractivity contribution in [1.29, 1.82) is 0 Å². The van der Waals surface area contributed by atoms with Gasteiger partial charge in [-0.3, -0.25) is 4.79 Å². The summed E-state index contributed by atoms with van der Waals surface area (Å²) in [4.78, 5) is 25.8. The zero-order valence-corrected chi connectivity index (χ0v) is 30.2. The van der Waals surface area contributed by atoms with Gasteiger partial charge in [-0.15, -0.1) is 0 Å². The van der Waals surface area contributed by atoms with E-state index in [0.29, 0.717) is 29.4 Å². The lowest BCUT2D eigenvalue weighted by atomic mass is 9.94. The number of unbranched alkanes of at least 4 members (excludes halogenated alkanes) is 2. The number of aromatic nitrogens is 2. The number of hydrogen-bond donors (Lipinski definition) is 0. The zero-order valence-electron chi connectivity index (χ0n) is 30.2. The summed E-state index contributed by atoms with van der Waals surface area (Å²) in [5.74, 6) is 3.89. The number of rotatable bonds is 15. The molecule has 0 saturated carbocycles. The third-order valence-corrected chi connectivity index (χ3v) is 9.91. The molecular formula is C39H51N5O6. The molecule has 3 heterocycles. The van der Waals surface area contributed by atoms with Crippen LogP contribution in [0.5, 0.6) is 28.7 Å². The Morgan fingerprint density at radius 1 is 0.900 bits per heavy atom. The number of aryl methyl sites for hydroxylation is 1. The van der Waals surface area contributed by atoms with Crippen LogP contribution in [-0.2, 0) is 6.54 Å². The maximum Gasteiger partial charge on any atom is 0.253 e. The number of hydrogen-bond acceptors (Lipinski definition) is 9. The fourth-order valence-electron chi connectivity index (χ4n) is 7.15. The molecule has 1 fully saturated rings. The molecule has 1 atom stereocenters. The number of likely N-dealkylation sites (N-methyl/N-ethyl adjacent to an activating group) is 1. The Kier molecular flexibility index (Phi) is 11.5. The predicted molar refractivity (Wildman–Crippen MR) is 196 cm³/mol. The summed E-state index contributed by atoms with van der Waals surface area (Å²) >= 11 is 0. The number of benzene rings is 3. The summed E-state index contributed by atoms with van der Waals surface area (Å²) in [5, 5.41) is 0. The highest BCUT2D eigenvalue weighted by Crippen LogP contribution is 2.39. The monoisotopic (exact) mass is 685 g/mol. The van der Waals surface area contributed by atoms with Crippen molar-refractivity contribution >= 4 is 22.9 Å². The molecule has 268 valence electrons. The van der Waals surface area contributed by atoms with E-state index >= 15 is 0 Å². The minimum atomic E-state index is -0.123. The Morgan fingerprint density at radius 2 is 1.68 bits per heavy atom. The number of methoxy groups -OCH3 is 3. The second-order valence-electron chi connectivity index (χ2n) is 13.1. The Bertz CT molecular complexity index is 1730. The maximum atomic E-state index is 13.8.